The summed E-state index contributed by atoms with van der Waals surface area (Å²) in [5, 5.41) is 10.2. The number of benzene rings is 2. The molecule has 2 aromatic carbocycles. The van der Waals surface area contributed by atoms with Gasteiger partial charge in [0.05, 0.1) is 7.11 Å². The van der Waals surface area contributed by atoms with Gasteiger partial charge in [0, 0.05) is 19.2 Å². The zero-order valence-corrected chi connectivity index (χ0v) is 13.8. The molecule has 2 aromatic rings. The Kier molecular flexibility index (Phi) is 6.91. The number of hydrogen-bond donors (Lipinski definition) is 1. The predicted molar refractivity (Wildman–Crippen MR) is 91.9 cm³/mol. The zero-order valence-electron chi connectivity index (χ0n) is 13.8. The van der Waals surface area contributed by atoms with E-state index in [-0.39, 0.29) is 6.61 Å². The lowest BCUT2D eigenvalue weighted by Crippen LogP contribution is -2.35. The number of methoxy groups -OCH3 is 1. The van der Waals surface area contributed by atoms with Gasteiger partial charge in [0.1, 0.15) is 24.2 Å². The van der Waals surface area contributed by atoms with Gasteiger partial charge in [-0.15, -0.1) is 0 Å². The van der Waals surface area contributed by atoms with Crippen LogP contribution in [-0.2, 0) is 6.54 Å². The number of rotatable bonds is 9. The third-order valence-corrected chi connectivity index (χ3v) is 3.65. The Morgan fingerprint density at radius 2 is 1.78 bits per heavy atom. The van der Waals surface area contributed by atoms with Crippen LogP contribution in [0.2, 0.25) is 0 Å². The Labute approximate surface area is 138 Å². The maximum Gasteiger partial charge on any atom is 0.123 e. The van der Waals surface area contributed by atoms with E-state index in [0.29, 0.717) is 12.3 Å². The van der Waals surface area contributed by atoms with Crippen molar-refractivity contribution >= 4 is 0 Å². The van der Waals surface area contributed by atoms with E-state index in [1.165, 1.54) is 5.56 Å². The van der Waals surface area contributed by atoms with Crippen LogP contribution in [0.4, 0.5) is 0 Å². The predicted octanol–water partition coefficient (Wildman–Crippen LogP) is 2.96. The van der Waals surface area contributed by atoms with E-state index < -0.39 is 6.10 Å². The normalized spacial score (nSPS) is 12.2. The molecule has 0 aliphatic rings. The molecule has 1 N–H and O–H groups in total. The third-order valence-electron chi connectivity index (χ3n) is 3.65. The summed E-state index contributed by atoms with van der Waals surface area (Å²) in [7, 11) is 1.62. The molecule has 0 saturated carbocycles. The van der Waals surface area contributed by atoms with Crippen molar-refractivity contribution in [3.63, 3.8) is 0 Å². The summed E-state index contributed by atoms with van der Waals surface area (Å²) in [6.07, 6.45) is -0.537. The Morgan fingerprint density at radius 3 is 2.48 bits per heavy atom. The first-order valence-electron chi connectivity index (χ1n) is 7.92. The Hall–Kier alpha value is -2.04. The lowest BCUT2D eigenvalue weighted by molar-refractivity contribution is 0.0674. The number of aliphatic hydroxyl groups is 1. The van der Waals surface area contributed by atoms with Gasteiger partial charge in [0.15, 0.2) is 0 Å². The molecule has 0 amide bonds. The molecule has 124 valence electrons. The molecule has 0 bridgehead atoms. The second-order valence-corrected chi connectivity index (χ2v) is 5.46. The minimum absolute atomic E-state index is 0.262. The van der Waals surface area contributed by atoms with E-state index in [1.807, 2.05) is 42.5 Å². The summed E-state index contributed by atoms with van der Waals surface area (Å²) < 4.78 is 10.8. The summed E-state index contributed by atoms with van der Waals surface area (Å²) in [6.45, 7) is 4.64. The van der Waals surface area contributed by atoms with Gasteiger partial charge in [-0.2, -0.15) is 0 Å². The topological polar surface area (TPSA) is 41.9 Å². The van der Waals surface area contributed by atoms with Crippen molar-refractivity contribution in [2.45, 2.75) is 19.6 Å². The smallest absolute Gasteiger partial charge is 0.123 e. The molecule has 4 heteroatoms. The van der Waals surface area contributed by atoms with Crippen LogP contribution in [0.25, 0.3) is 0 Å². The van der Waals surface area contributed by atoms with Crippen LogP contribution < -0.4 is 9.47 Å². The molecule has 0 radical (unpaired) electrons. The average molecular weight is 315 g/mol. The van der Waals surface area contributed by atoms with Crippen LogP contribution in [0.1, 0.15) is 12.5 Å². The monoisotopic (exact) mass is 315 g/mol. The maximum atomic E-state index is 10.2. The summed E-state index contributed by atoms with van der Waals surface area (Å²) in [4.78, 5) is 2.20. The minimum Gasteiger partial charge on any atom is -0.497 e. The fourth-order valence-corrected chi connectivity index (χ4v) is 2.38. The molecular weight excluding hydrogens is 290 g/mol. The van der Waals surface area contributed by atoms with Gasteiger partial charge in [0.25, 0.3) is 0 Å². The molecule has 4 nitrogen and oxygen atoms in total. The molecule has 0 fully saturated rings. The van der Waals surface area contributed by atoms with Crippen LogP contribution in [-0.4, -0.2) is 42.9 Å². The lowest BCUT2D eigenvalue weighted by Gasteiger charge is -2.23. The van der Waals surface area contributed by atoms with Crippen molar-refractivity contribution in [3.8, 4) is 11.5 Å². The average Bonchev–Trinajstić information content (AvgIpc) is 2.60. The quantitative estimate of drug-likeness (QED) is 0.772. The van der Waals surface area contributed by atoms with Crippen molar-refractivity contribution in [1.82, 2.24) is 4.90 Å². The minimum atomic E-state index is -0.537. The Bertz CT molecular complexity index is 574. The number of ether oxygens (including phenoxy) is 2. The molecule has 0 saturated heterocycles. The highest BCUT2D eigenvalue weighted by atomic mass is 16.5. The fraction of sp³-hybridized carbons (Fsp3) is 0.368. The highest BCUT2D eigenvalue weighted by molar-refractivity contribution is 5.32. The van der Waals surface area contributed by atoms with Gasteiger partial charge in [-0.05, 0) is 24.2 Å². The van der Waals surface area contributed by atoms with Gasteiger partial charge in [-0.1, -0.05) is 43.3 Å². The van der Waals surface area contributed by atoms with Crippen LogP contribution in [0, 0.1) is 0 Å². The van der Waals surface area contributed by atoms with E-state index in [0.717, 1.165) is 18.8 Å². The van der Waals surface area contributed by atoms with Crippen molar-refractivity contribution < 1.29 is 14.6 Å². The van der Waals surface area contributed by atoms with Crippen LogP contribution in [0.5, 0.6) is 11.5 Å². The first-order chi connectivity index (χ1) is 11.2. The van der Waals surface area contributed by atoms with Crippen molar-refractivity contribution in [2.75, 3.05) is 26.8 Å². The van der Waals surface area contributed by atoms with Gasteiger partial charge in [-0.25, -0.2) is 0 Å². The third kappa shape index (κ3) is 5.93. The number of hydrogen-bond acceptors (Lipinski definition) is 4. The van der Waals surface area contributed by atoms with Crippen LogP contribution in [0.3, 0.4) is 0 Å². The maximum absolute atomic E-state index is 10.2. The summed E-state index contributed by atoms with van der Waals surface area (Å²) in [5.74, 6) is 1.45. The second kappa shape index (κ2) is 9.18. The number of nitrogens with zero attached hydrogens (tertiary/aromatic N) is 1. The van der Waals surface area contributed by atoms with Gasteiger partial charge in [0.2, 0.25) is 0 Å². The van der Waals surface area contributed by atoms with Crippen molar-refractivity contribution in [1.29, 1.82) is 0 Å². The summed E-state index contributed by atoms with van der Waals surface area (Å²) in [5.41, 5.74) is 1.25. The summed E-state index contributed by atoms with van der Waals surface area (Å²) in [6, 6.07) is 17.7. The van der Waals surface area contributed by atoms with Crippen molar-refractivity contribution in [2.24, 2.45) is 0 Å². The molecule has 0 spiro atoms. The molecule has 0 heterocycles. The van der Waals surface area contributed by atoms with E-state index in [4.69, 9.17) is 9.47 Å². The first-order valence-corrected chi connectivity index (χ1v) is 7.92. The Morgan fingerprint density at radius 1 is 1.04 bits per heavy atom. The molecule has 23 heavy (non-hydrogen) atoms. The highest BCUT2D eigenvalue weighted by Gasteiger charge is 2.12. The first kappa shape index (κ1) is 17.3. The van der Waals surface area contributed by atoms with E-state index in [1.54, 1.807) is 7.11 Å². The number of aliphatic hydroxyl groups excluding tert-OH is 1. The van der Waals surface area contributed by atoms with Crippen molar-refractivity contribution in [3.05, 3.63) is 60.2 Å². The molecular formula is C19H25NO3. The van der Waals surface area contributed by atoms with Crippen LogP contribution >= 0.6 is 0 Å². The molecule has 2 rings (SSSR count). The fourth-order valence-electron chi connectivity index (χ4n) is 2.38. The zero-order chi connectivity index (χ0) is 16.5. The lowest BCUT2D eigenvalue weighted by atomic mass is 10.2. The largest absolute Gasteiger partial charge is 0.497 e. The molecule has 0 aliphatic carbocycles. The van der Waals surface area contributed by atoms with Gasteiger partial charge >= 0.3 is 0 Å². The Balaban J connectivity index is 1.81. The van der Waals surface area contributed by atoms with Gasteiger partial charge in [-0.3, -0.25) is 4.90 Å². The van der Waals surface area contributed by atoms with E-state index in [2.05, 4.69) is 24.0 Å². The summed E-state index contributed by atoms with van der Waals surface area (Å²) >= 11 is 0. The number of likely N-dealkylation sites (N-methyl/N-ethyl adjacent to an activating group) is 1. The molecule has 1 atom stereocenters. The molecule has 0 aliphatic heterocycles. The SMILES string of the molecule is CCN(Cc1ccccc1)CC(O)COc1cccc(OC)c1. The molecule has 1 unspecified atom stereocenters. The highest BCUT2D eigenvalue weighted by Crippen LogP contribution is 2.19. The molecule has 0 aromatic heterocycles. The van der Waals surface area contributed by atoms with Crippen LogP contribution in [0.15, 0.2) is 54.6 Å². The van der Waals surface area contributed by atoms with E-state index in [9.17, 15) is 5.11 Å². The van der Waals surface area contributed by atoms with Gasteiger partial charge < -0.3 is 14.6 Å². The standard InChI is InChI=1S/C19H25NO3/c1-3-20(13-16-8-5-4-6-9-16)14-17(21)15-23-19-11-7-10-18(12-19)22-2/h4-12,17,21H,3,13-15H2,1-2H3. The second-order valence-electron chi connectivity index (χ2n) is 5.46. The van der Waals surface area contributed by atoms with E-state index >= 15 is 0 Å².